The van der Waals surface area contributed by atoms with Gasteiger partial charge in [0.2, 0.25) is 0 Å². The third kappa shape index (κ3) is 3.34. The van der Waals surface area contributed by atoms with Crippen molar-refractivity contribution in [1.29, 1.82) is 0 Å². The van der Waals surface area contributed by atoms with Gasteiger partial charge in [-0.15, -0.1) is 11.3 Å². The molecule has 2 aromatic heterocycles. The quantitative estimate of drug-likeness (QED) is 0.861. The molecule has 1 unspecified atom stereocenters. The zero-order valence-electron chi connectivity index (χ0n) is 15.0. The average Bonchev–Trinajstić information content (AvgIpc) is 3.04. The molecule has 2 aromatic rings. The van der Waals surface area contributed by atoms with Gasteiger partial charge >= 0.3 is 0 Å². The standard InChI is InChI=1S/C19H23ClN4OS/c1-23-5-6-24(12-15(23)3-7-25-2)18-16-4-8-26-19(16)22-10-13-9-14(20)11-21-17(13)18/h4,8-11,15,22H,3,5-7,12H2,1-2H3. The van der Waals surface area contributed by atoms with Crippen molar-refractivity contribution in [1.82, 2.24) is 14.8 Å². The van der Waals surface area contributed by atoms with E-state index in [4.69, 9.17) is 21.3 Å². The lowest BCUT2D eigenvalue weighted by atomic mass is 10.1. The molecule has 0 spiro atoms. The molecule has 4 heterocycles. The van der Waals surface area contributed by atoms with E-state index in [9.17, 15) is 0 Å². The Morgan fingerprint density at radius 3 is 3.15 bits per heavy atom. The summed E-state index contributed by atoms with van der Waals surface area (Å²) in [6.45, 7) is 3.75. The van der Waals surface area contributed by atoms with Crippen LogP contribution in [0.25, 0.3) is 11.9 Å². The maximum atomic E-state index is 6.20. The Bertz CT molecular complexity index is 913. The number of anilines is 1. The van der Waals surface area contributed by atoms with Crippen LogP contribution in [0.5, 0.6) is 0 Å². The maximum absolute atomic E-state index is 6.20. The van der Waals surface area contributed by atoms with Crippen molar-refractivity contribution >= 4 is 39.8 Å². The van der Waals surface area contributed by atoms with Gasteiger partial charge in [0.25, 0.3) is 0 Å². The summed E-state index contributed by atoms with van der Waals surface area (Å²) in [5, 5.41) is 9.39. The van der Waals surface area contributed by atoms with Crippen LogP contribution in [0, 0.1) is 0 Å². The van der Waals surface area contributed by atoms with Crippen LogP contribution in [0.4, 0.5) is 5.00 Å². The summed E-state index contributed by atoms with van der Waals surface area (Å²) in [6.07, 6.45) is 4.78. The van der Waals surface area contributed by atoms with E-state index in [0.717, 1.165) is 48.2 Å². The number of halogens is 1. The number of ether oxygens (including phenoxy) is 1. The van der Waals surface area contributed by atoms with Gasteiger partial charge in [0.15, 0.2) is 0 Å². The molecule has 1 fully saturated rings. The van der Waals surface area contributed by atoms with Crippen LogP contribution in [0.15, 0.2) is 23.7 Å². The Hall–Kier alpha value is -1.60. The molecule has 0 amide bonds. The van der Waals surface area contributed by atoms with Crippen molar-refractivity contribution in [3.8, 4) is 0 Å². The van der Waals surface area contributed by atoms with E-state index in [1.807, 2.05) is 12.3 Å². The van der Waals surface area contributed by atoms with E-state index in [1.54, 1.807) is 24.6 Å². The Kier molecular flexibility index (Phi) is 5.18. The number of nitrogens with zero attached hydrogens (tertiary/aromatic N) is 3. The van der Waals surface area contributed by atoms with E-state index < -0.39 is 0 Å². The Labute approximate surface area is 162 Å². The fraction of sp³-hybridized carbons (Fsp3) is 0.421. The number of thiophene rings is 1. The second kappa shape index (κ2) is 7.56. The van der Waals surface area contributed by atoms with Gasteiger partial charge in [-0.2, -0.15) is 0 Å². The average molecular weight is 391 g/mol. The van der Waals surface area contributed by atoms with Crippen molar-refractivity contribution in [3.63, 3.8) is 0 Å². The first kappa shape index (κ1) is 17.8. The molecule has 0 aromatic carbocycles. The zero-order chi connectivity index (χ0) is 18.1. The molecule has 2 aliphatic rings. The first-order valence-corrected chi connectivity index (χ1v) is 10.1. The smallest absolute Gasteiger partial charge is 0.102 e. The van der Waals surface area contributed by atoms with Crippen molar-refractivity contribution in [2.45, 2.75) is 12.5 Å². The molecule has 4 rings (SSSR count). The summed E-state index contributed by atoms with van der Waals surface area (Å²) >= 11 is 7.91. The minimum Gasteiger partial charge on any atom is -0.385 e. The lowest BCUT2D eigenvalue weighted by molar-refractivity contribution is 0.0960. The number of piperazine rings is 1. The van der Waals surface area contributed by atoms with Gasteiger partial charge in [-0.1, -0.05) is 11.6 Å². The van der Waals surface area contributed by atoms with Gasteiger partial charge in [0.05, 0.1) is 16.1 Å². The topological polar surface area (TPSA) is 40.6 Å². The van der Waals surface area contributed by atoms with Crippen LogP contribution >= 0.6 is 22.9 Å². The Morgan fingerprint density at radius 1 is 1.42 bits per heavy atom. The summed E-state index contributed by atoms with van der Waals surface area (Å²) in [5.74, 6) is 0. The molecule has 1 N–H and O–H groups in total. The Morgan fingerprint density at radius 2 is 2.31 bits per heavy atom. The summed E-state index contributed by atoms with van der Waals surface area (Å²) in [6, 6.07) is 4.63. The van der Waals surface area contributed by atoms with E-state index in [0.29, 0.717) is 11.1 Å². The number of rotatable bonds is 4. The summed E-state index contributed by atoms with van der Waals surface area (Å²) in [5.41, 5.74) is 2.42. The number of pyridine rings is 1. The fourth-order valence-electron chi connectivity index (χ4n) is 3.68. The molecule has 1 saturated heterocycles. The zero-order valence-corrected chi connectivity index (χ0v) is 16.6. The highest BCUT2D eigenvalue weighted by Crippen LogP contribution is 2.32. The van der Waals surface area contributed by atoms with E-state index in [2.05, 4.69) is 33.6 Å². The highest BCUT2D eigenvalue weighted by molar-refractivity contribution is 7.14. The molecule has 2 aliphatic heterocycles. The summed E-state index contributed by atoms with van der Waals surface area (Å²) in [7, 11) is 3.97. The molecular weight excluding hydrogens is 368 g/mol. The first-order chi connectivity index (χ1) is 12.7. The maximum Gasteiger partial charge on any atom is 0.102 e. The Balaban J connectivity index is 1.81. The molecule has 138 valence electrons. The second-order valence-electron chi connectivity index (χ2n) is 6.75. The lowest BCUT2D eigenvalue weighted by Crippen LogP contribution is -2.52. The molecule has 0 bridgehead atoms. The van der Waals surface area contributed by atoms with Crippen LogP contribution in [0.3, 0.4) is 0 Å². The number of fused-ring (bicyclic) bond motifs is 2. The van der Waals surface area contributed by atoms with Crippen LogP contribution < -0.4 is 15.9 Å². The normalized spacial score (nSPS) is 20.0. The minimum absolute atomic E-state index is 0.467. The molecule has 0 radical (unpaired) electrons. The van der Waals surface area contributed by atoms with Crippen LogP contribution in [-0.2, 0) is 4.74 Å². The van der Waals surface area contributed by atoms with Gasteiger partial charge in [0, 0.05) is 62.6 Å². The van der Waals surface area contributed by atoms with Crippen molar-refractivity contribution in [2.75, 3.05) is 45.7 Å². The van der Waals surface area contributed by atoms with Gasteiger partial charge in [-0.3, -0.25) is 9.88 Å². The van der Waals surface area contributed by atoms with E-state index in [1.165, 1.54) is 11.3 Å². The fourth-order valence-corrected chi connectivity index (χ4v) is 4.60. The van der Waals surface area contributed by atoms with Crippen LogP contribution in [-0.4, -0.2) is 61.2 Å². The third-order valence-corrected chi connectivity index (χ3v) is 6.19. The number of methoxy groups -OCH3 is 1. The summed E-state index contributed by atoms with van der Waals surface area (Å²) in [4.78, 5) is 9.62. The van der Waals surface area contributed by atoms with Gasteiger partial charge in [-0.05, 0) is 31.0 Å². The van der Waals surface area contributed by atoms with E-state index in [-0.39, 0.29) is 0 Å². The predicted molar refractivity (Wildman–Crippen MR) is 108 cm³/mol. The number of aromatic nitrogens is 1. The largest absolute Gasteiger partial charge is 0.385 e. The second-order valence-corrected chi connectivity index (χ2v) is 8.11. The van der Waals surface area contributed by atoms with Crippen molar-refractivity contribution in [2.24, 2.45) is 0 Å². The van der Waals surface area contributed by atoms with Gasteiger partial charge in [-0.25, -0.2) is 0 Å². The van der Waals surface area contributed by atoms with Gasteiger partial charge < -0.3 is 15.0 Å². The molecule has 1 atom stereocenters. The molecule has 0 saturated carbocycles. The number of hydrogen-bond acceptors (Lipinski definition) is 6. The van der Waals surface area contributed by atoms with E-state index >= 15 is 0 Å². The van der Waals surface area contributed by atoms with Crippen molar-refractivity contribution < 1.29 is 4.74 Å². The molecule has 7 heteroatoms. The predicted octanol–water partition coefficient (Wildman–Crippen LogP) is 1.77. The van der Waals surface area contributed by atoms with Crippen molar-refractivity contribution in [3.05, 3.63) is 44.9 Å². The summed E-state index contributed by atoms with van der Waals surface area (Å²) < 4.78 is 5.31. The number of likely N-dealkylation sites (N-methyl/N-ethyl adjacent to an activating group) is 1. The minimum atomic E-state index is 0.467. The monoisotopic (exact) mass is 390 g/mol. The van der Waals surface area contributed by atoms with Gasteiger partial charge in [0.1, 0.15) is 5.00 Å². The highest BCUT2D eigenvalue weighted by Gasteiger charge is 2.28. The first-order valence-electron chi connectivity index (χ1n) is 8.82. The number of hydrogen-bond donors (Lipinski definition) is 1. The highest BCUT2D eigenvalue weighted by atomic mass is 35.5. The molecule has 0 aliphatic carbocycles. The molecule has 5 nitrogen and oxygen atoms in total. The SMILES string of the molecule is COCCC1CN(C2=c3ncc(Cl)cc3=CNc3sccc32)CCN1C. The number of nitrogens with one attached hydrogen (secondary N) is 1. The lowest BCUT2D eigenvalue weighted by Gasteiger charge is -2.41. The molecule has 26 heavy (non-hydrogen) atoms. The molecular formula is C19H23ClN4OS. The third-order valence-electron chi connectivity index (χ3n) is 5.14. The van der Waals surface area contributed by atoms with Crippen LogP contribution in [0.1, 0.15) is 12.0 Å². The van der Waals surface area contributed by atoms with Crippen LogP contribution in [0.2, 0.25) is 5.02 Å².